The van der Waals surface area contributed by atoms with Crippen LogP contribution in [-0.2, 0) is 9.59 Å². The van der Waals surface area contributed by atoms with Gasteiger partial charge in [-0.3, -0.25) is 0 Å². The van der Waals surface area contributed by atoms with Crippen molar-refractivity contribution in [3.8, 4) is 0 Å². The van der Waals surface area contributed by atoms with Crippen molar-refractivity contribution in [2.45, 2.75) is 11.8 Å². The first-order valence-corrected chi connectivity index (χ1v) is 4.88. The molecule has 0 spiro atoms. The van der Waals surface area contributed by atoms with Gasteiger partial charge in [-0.2, -0.15) is 0 Å². The highest BCUT2D eigenvalue weighted by Crippen LogP contribution is 2.65. The van der Waals surface area contributed by atoms with Crippen molar-refractivity contribution in [1.29, 1.82) is 0 Å². The number of rotatable bonds is 2. The standard InChI is InChI=1S/C12H10O2/c13-5-9-7-3-1-2-4-8(7)11-10(6-14)12(9)11/h1-6,9-12H. The van der Waals surface area contributed by atoms with Crippen LogP contribution in [-0.4, -0.2) is 12.6 Å². The summed E-state index contributed by atoms with van der Waals surface area (Å²) >= 11 is 0. The number of hydrogen-bond acceptors (Lipinski definition) is 2. The van der Waals surface area contributed by atoms with Gasteiger partial charge in [0.15, 0.2) is 0 Å². The highest BCUT2D eigenvalue weighted by molar-refractivity contribution is 5.76. The molecule has 2 heteroatoms. The van der Waals surface area contributed by atoms with Gasteiger partial charge in [0.2, 0.25) is 0 Å². The van der Waals surface area contributed by atoms with Crippen molar-refractivity contribution in [2.24, 2.45) is 11.8 Å². The maximum atomic E-state index is 11.0. The molecule has 2 nitrogen and oxygen atoms in total. The lowest BCUT2D eigenvalue weighted by Crippen LogP contribution is -2.04. The minimum absolute atomic E-state index is 0.0357. The lowest BCUT2D eigenvalue weighted by Gasteiger charge is -2.08. The van der Waals surface area contributed by atoms with Crippen LogP contribution in [0.25, 0.3) is 0 Å². The minimum Gasteiger partial charge on any atom is -0.303 e. The SMILES string of the molecule is O=CC1c2ccccc2C2C(C=O)C12. The summed E-state index contributed by atoms with van der Waals surface area (Å²) in [5.74, 6) is 0.660. The average Bonchev–Trinajstić information content (AvgIpc) is 2.86. The van der Waals surface area contributed by atoms with E-state index < -0.39 is 0 Å². The lowest BCUT2D eigenvalue weighted by atomic mass is 9.95. The highest BCUT2D eigenvalue weighted by atomic mass is 16.1. The summed E-state index contributed by atoms with van der Waals surface area (Å²) in [6, 6.07) is 7.97. The molecule has 1 saturated carbocycles. The summed E-state index contributed by atoms with van der Waals surface area (Å²) in [4.78, 5) is 21.7. The van der Waals surface area contributed by atoms with Crippen LogP contribution in [0, 0.1) is 11.8 Å². The molecule has 0 aliphatic heterocycles. The fourth-order valence-corrected chi connectivity index (χ4v) is 2.90. The van der Waals surface area contributed by atoms with Crippen LogP contribution in [0.5, 0.6) is 0 Å². The molecule has 3 rings (SSSR count). The summed E-state index contributed by atoms with van der Waals surface area (Å²) < 4.78 is 0. The molecule has 2 aliphatic carbocycles. The number of carbonyl (C=O) groups excluding carboxylic acids is 2. The van der Waals surface area contributed by atoms with Crippen LogP contribution < -0.4 is 0 Å². The van der Waals surface area contributed by atoms with Gasteiger partial charge in [-0.25, -0.2) is 0 Å². The van der Waals surface area contributed by atoms with Crippen molar-refractivity contribution in [3.05, 3.63) is 35.4 Å². The van der Waals surface area contributed by atoms with Gasteiger partial charge in [0, 0.05) is 11.8 Å². The van der Waals surface area contributed by atoms with E-state index in [1.54, 1.807) is 0 Å². The van der Waals surface area contributed by atoms with Crippen LogP contribution in [0.2, 0.25) is 0 Å². The zero-order valence-corrected chi connectivity index (χ0v) is 7.59. The molecule has 14 heavy (non-hydrogen) atoms. The van der Waals surface area contributed by atoms with Crippen LogP contribution in [0.4, 0.5) is 0 Å². The van der Waals surface area contributed by atoms with E-state index in [1.165, 1.54) is 5.56 Å². The second kappa shape index (κ2) is 2.53. The van der Waals surface area contributed by atoms with E-state index in [0.717, 1.165) is 18.1 Å². The molecular formula is C12H10O2. The van der Waals surface area contributed by atoms with Gasteiger partial charge in [-0.15, -0.1) is 0 Å². The van der Waals surface area contributed by atoms with Crippen LogP contribution >= 0.6 is 0 Å². The van der Waals surface area contributed by atoms with Gasteiger partial charge in [0.1, 0.15) is 12.6 Å². The first-order valence-electron chi connectivity index (χ1n) is 4.88. The molecule has 0 heterocycles. The topological polar surface area (TPSA) is 34.1 Å². The van der Waals surface area contributed by atoms with E-state index in [1.807, 2.05) is 24.3 Å². The number of aldehydes is 2. The monoisotopic (exact) mass is 186 g/mol. The minimum atomic E-state index is -0.0357. The van der Waals surface area contributed by atoms with E-state index in [4.69, 9.17) is 0 Å². The van der Waals surface area contributed by atoms with Gasteiger partial charge in [-0.05, 0) is 23.0 Å². The molecule has 0 amide bonds. The Morgan fingerprint density at radius 2 is 1.71 bits per heavy atom. The highest BCUT2D eigenvalue weighted by Gasteiger charge is 2.60. The van der Waals surface area contributed by atoms with Crippen LogP contribution in [0.1, 0.15) is 23.0 Å². The summed E-state index contributed by atoms with van der Waals surface area (Å²) in [6.45, 7) is 0. The molecule has 0 aromatic heterocycles. The fraction of sp³-hybridized carbons (Fsp3) is 0.333. The third kappa shape index (κ3) is 0.763. The zero-order chi connectivity index (χ0) is 9.71. The van der Waals surface area contributed by atoms with Crippen LogP contribution in [0.3, 0.4) is 0 Å². The Morgan fingerprint density at radius 1 is 1.00 bits per heavy atom. The molecule has 0 bridgehead atoms. The lowest BCUT2D eigenvalue weighted by molar-refractivity contribution is -0.110. The Morgan fingerprint density at radius 3 is 2.36 bits per heavy atom. The van der Waals surface area contributed by atoms with Gasteiger partial charge < -0.3 is 9.59 Å². The summed E-state index contributed by atoms with van der Waals surface area (Å²) in [5.41, 5.74) is 2.35. The summed E-state index contributed by atoms with van der Waals surface area (Å²) in [5, 5.41) is 0. The van der Waals surface area contributed by atoms with Gasteiger partial charge in [0.05, 0.1) is 0 Å². The van der Waals surface area contributed by atoms with Crippen LogP contribution in [0.15, 0.2) is 24.3 Å². The van der Waals surface area contributed by atoms with E-state index in [9.17, 15) is 9.59 Å². The van der Waals surface area contributed by atoms with E-state index in [-0.39, 0.29) is 17.8 Å². The Labute approximate surface area is 81.9 Å². The maximum absolute atomic E-state index is 11.0. The third-order valence-corrected chi connectivity index (χ3v) is 3.57. The first kappa shape index (κ1) is 7.92. The second-order valence-electron chi connectivity index (χ2n) is 4.11. The Bertz CT molecular complexity index is 411. The van der Waals surface area contributed by atoms with Gasteiger partial charge in [0.25, 0.3) is 0 Å². The van der Waals surface area contributed by atoms with E-state index in [2.05, 4.69) is 0 Å². The maximum Gasteiger partial charge on any atom is 0.127 e. The molecule has 1 fully saturated rings. The average molecular weight is 186 g/mol. The van der Waals surface area contributed by atoms with Crippen molar-refractivity contribution in [1.82, 2.24) is 0 Å². The predicted molar refractivity (Wildman–Crippen MR) is 51.0 cm³/mol. The molecule has 0 saturated heterocycles. The van der Waals surface area contributed by atoms with Crippen molar-refractivity contribution >= 4 is 12.6 Å². The summed E-state index contributed by atoms with van der Waals surface area (Å²) in [6.07, 6.45) is 1.99. The number of fused-ring (bicyclic) bond motifs is 3. The van der Waals surface area contributed by atoms with Crippen molar-refractivity contribution < 1.29 is 9.59 Å². The van der Waals surface area contributed by atoms with Crippen molar-refractivity contribution in [2.75, 3.05) is 0 Å². The smallest absolute Gasteiger partial charge is 0.127 e. The van der Waals surface area contributed by atoms with E-state index >= 15 is 0 Å². The zero-order valence-electron chi connectivity index (χ0n) is 7.59. The second-order valence-corrected chi connectivity index (χ2v) is 4.11. The fourth-order valence-electron chi connectivity index (χ4n) is 2.90. The largest absolute Gasteiger partial charge is 0.303 e. The Balaban J connectivity index is 2.11. The quantitative estimate of drug-likeness (QED) is 0.656. The first-order chi connectivity index (χ1) is 6.88. The molecule has 1 aromatic rings. The summed E-state index contributed by atoms with van der Waals surface area (Å²) in [7, 11) is 0. The predicted octanol–water partition coefficient (Wildman–Crippen LogP) is 1.51. The van der Waals surface area contributed by atoms with Gasteiger partial charge >= 0.3 is 0 Å². The number of carbonyl (C=O) groups is 2. The number of hydrogen-bond donors (Lipinski definition) is 0. The molecule has 0 N–H and O–H groups in total. The van der Waals surface area contributed by atoms with E-state index in [0.29, 0.717) is 5.92 Å². The third-order valence-electron chi connectivity index (χ3n) is 3.57. The van der Waals surface area contributed by atoms with Gasteiger partial charge in [-0.1, -0.05) is 24.3 Å². The molecule has 4 atom stereocenters. The normalized spacial score (nSPS) is 37.1. The Kier molecular flexibility index (Phi) is 1.43. The van der Waals surface area contributed by atoms with Crippen molar-refractivity contribution in [3.63, 3.8) is 0 Å². The number of benzene rings is 1. The molecular weight excluding hydrogens is 176 g/mol. The molecule has 2 aliphatic rings. The Hall–Kier alpha value is -1.44. The molecule has 70 valence electrons. The molecule has 1 aromatic carbocycles. The molecule has 4 unspecified atom stereocenters. The molecule has 0 radical (unpaired) electrons.